The van der Waals surface area contributed by atoms with Crippen molar-refractivity contribution in [3.05, 3.63) is 0 Å². The molecular weight excluding hydrogens is 191 g/mol. The van der Waals surface area contributed by atoms with Crippen LogP contribution in [0.1, 0.15) is 13.8 Å². The van der Waals surface area contributed by atoms with Crippen LogP contribution in [0.5, 0.6) is 0 Å². The molecule has 0 aliphatic carbocycles. The molecule has 12 heavy (non-hydrogen) atoms. The second-order valence-corrected chi connectivity index (χ2v) is 2.40. The van der Waals surface area contributed by atoms with E-state index < -0.39 is 20.2 Å². The summed E-state index contributed by atoms with van der Waals surface area (Å²) in [7, 11) is -3.12. The molecule has 0 radical (unpaired) electrons. The summed E-state index contributed by atoms with van der Waals surface area (Å²) in [5.41, 5.74) is 0. The molecule has 0 N–H and O–H groups in total. The van der Waals surface area contributed by atoms with Crippen molar-refractivity contribution in [3.8, 4) is 0 Å². The van der Waals surface area contributed by atoms with Crippen LogP contribution in [0.15, 0.2) is 0 Å². The number of hydrogen-bond donors (Lipinski definition) is 0. The van der Waals surface area contributed by atoms with Crippen LogP contribution in [0.2, 0.25) is 0 Å². The van der Waals surface area contributed by atoms with Crippen LogP contribution < -0.4 is 0 Å². The van der Waals surface area contributed by atoms with Crippen molar-refractivity contribution in [2.24, 2.45) is 0 Å². The quantitative estimate of drug-likeness (QED) is 0.366. The van der Waals surface area contributed by atoms with Gasteiger partial charge in [-0.25, -0.2) is 9.59 Å². The molecule has 0 amide bonds. The number of carbonyl (C=O) groups excluding carboxylic acids is 2. The lowest BCUT2D eigenvalue weighted by molar-refractivity contribution is -0.242. The molecular formula is C4H7O7P. The van der Waals surface area contributed by atoms with Crippen molar-refractivity contribution in [2.75, 3.05) is 0 Å². The van der Waals surface area contributed by atoms with Crippen molar-refractivity contribution in [1.29, 1.82) is 0 Å². The lowest BCUT2D eigenvalue weighted by atomic mass is 10.9. The third kappa shape index (κ3) is 7.20. The fourth-order valence-corrected chi connectivity index (χ4v) is 0.598. The summed E-state index contributed by atoms with van der Waals surface area (Å²) < 4.78 is 18.1. The first-order valence-electron chi connectivity index (χ1n) is 2.76. The van der Waals surface area contributed by atoms with E-state index in [1.54, 1.807) is 0 Å². The van der Waals surface area contributed by atoms with Gasteiger partial charge in [-0.05, 0) is 0 Å². The van der Waals surface area contributed by atoms with E-state index in [9.17, 15) is 14.2 Å². The topological polar surface area (TPSA) is 88.1 Å². The molecule has 0 bridgehead atoms. The summed E-state index contributed by atoms with van der Waals surface area (Å²) in [5, 5.41) is 0. The Labute approximate surface area is 68.3 Å². The van der Waals surface area contributed by atoms with Crippen LogP contribution in [0, 0.1) is 0 Å². The predicted octanol–water partition coefficient (Wildman–Crippen LogP) is 0.365. The summed E-state index contributed by atoms with van der Waals surface area (Å²) in [6.07, 6.45) is 0. The highest BCUT2D eigenvalue weighted by Gasteiger charge is 2.05. The van der Waals surface area contributed by atoms with Crippen LogP contribution in [0.25, 0.3) is 0 Å². The maximum Gasteiger partial charge on any atom is 0.395 e. The Balaban J connectivity index is 3.47. The molecule has 8 heteroatoms. The number of hydrogen-bond acceptors (Lipinski definition) is 7. The lowest BCUT2D eigenvalue weighted by Gasteiger charge is -1.99. The molecule has 0 aliphatic heterocycles. The van der Waals surface area contributed by atoms with E-state index in [-0.39, 0.29) is 0 Å². The van der Waals surface area contributed by atoms with Crippen LogP contribution in [-0.4, -0.2) is 11.9 Å². The zero-order valence-electron chi connectivity index (χ0n) is 6.36. The zero-order chi connectivity index (χ0) is 9.56. The summed E-state index contributed by atoms with van der Waals surface area (Å²) in [6.45, 7) is 2.09. The lowest BCUT2D eigenvalue weighted by Crippen LogP contribution is -1.98. The van der Waals surface area contributed by atoms with Crippen LogP contribution in [0.4, 0.5) is 0 Å². The molecule has 0 spiro atoms. The maximum atomic E-state index is 10.4. The van der Waals surface area contributed by atoms with Gasteiger partial charge < -0.3 is 0 Å². The highest BCUT2D eigenvalue weighted by atomic mass is 31.1. The minimum atomic E-state index is -3.12. The Hall–Kier alpha value is -0.910. The standard InChI is InChI=1S/C4H7O7P/c1-3(5)8-10-12(7)11-9-4(2)6/h12H,1-2H3. The second kappa shape index (κ2) is 5.70. The van der Waals surface area contributed by atoms with Gasteiger partial charge in [0, 0.05) is 13.8 Å². The van der Waals surface area contributed by atoms with Gasteiger partial charge in [-0.15, -0.1) is 0 Å². The number of rotatable bonds is 4. The van der Waals surface area contributed by atoms with Crippen LogP contribution in [0.3, 0.4) is 0 Å². The fraction of sp³-hybridized carbons (Fsp3) is 0.500. The highest BCUT2D eigenvalue weighted by Crippen LogP contribution is 2.24. The molecule has 0 aromatic rings. The first-order valence-corrected chi connectivity index (χ1v) is 3.99. The molecule has 0 fully saturated rings. The minimum absolute atomic E-state index is 0.792. The van der Waals surface area contributed by atoms with Gasteiger partial charge in [0.1, 0.15) is 0 Å². The molecule has 0 aromatic carbocycles. The molecule has 7 nitrogen and oxygen atoms in total. The van der Waals surface area contributed by atoms with Crippen LogP contribution in [-0.2, 0) is 33.3 Å². The monoisotopic (exact) mass is 198 g/mol. The molecule has 0 rings (SSSR count). The third-order valence-electron chi connectivity index (χ3n) is 0.454. The van der Waals surface area contributed by atoms with E-state index >= 15 is 0 Å². The Morgan fingerprint density at radius 1 is 1.00 bits per heavy atom. The van der Waals surface area contributed by atoms with E-state index in [1.807, 2.05) is 0 Å². The Kier molecular flexibility index (Phi) is 5.27. The summed E-state index contributed by atoms with van der Waals surface area (Å²) in [6, 6.07) is 0. The molecule has 0 unspecified atom stereocenters. The highest BCUT2D eigenvalue weighted by molar-refractivity contribution is 7.33. The van der Waals surface area contributed by atoms with Crippen LogP contribution >= 0.6 is 8.25 Å². The van der Waals surface area contributed by atoms with Gasteiger partial charge in [-0.3, -0.25) is 14.3 Å². The van der Waals surface area contributed by atoms with E-state index in [2.05, 4.69) is 19.1 Å². The molecule has 0 saturated carbocycles. The molecule has 70 valence electrons. The number of carbonyl (C=O) groups is 2. The van der Waals surface area contributed by atoms with Crippen molar-refractivity contribution >= 4 is 20.2 Å². The average molecular weight is 198 g/mol. The molecule has 0 aliphatic rings. The van der Waals surface area contributed by atoms with Gasteiger partial charge in [0.05, 0.1) is 0 Å². The average Bonchev–Trinajstić information content (AvgIpc) is 1.96. The third-order valence-corrected chi connectivity index (χ3v) is 0.893. The first-order chi connectivity index (χ1) is 5.52. The van der Waals surface area contributed by atoms with Crippen molar-refractivity contribution in [3.63, 3.8) is 0 Å². The fourth-order valence-electron chi connectivity index (χ4n) is 0.199. The summed E-state index contributed by atoms with van der Waals surface area (Å²) in [4.78, 5) is 27.7. The molecule has 0 heterocycles. The van der Waals surface area contributed by atoms with E-state index in [4.69, 9.17) is 0 Å². The SMILES string of the molecule is CC(=O)OO[PH](=O)OOC(C)=O. The van der Waals surface area contributed by atoms with Crippen molar-refractivity contribution < 1.29 is 33.3 Å². The van der Waals surface area contributed by atoms with Gasteiger partial charge in [0.25, 0.3) is 0 Å². The summed E-state index contributed by atoms with van der Waals surface area (Å²) in [5.74, 6) is -1.58. The Morgan fingerprint density at radius 3 is 1.58 bits per heavy atom. The predicted molar refractivity (Wildman–Crippen MR) is 34.7 cm³/mol. The maximum absolute atomic E-state index is 10.4. The molecule has 0 aromatic heterocycles. The van der Waals surface area contributed by atoms with E-state index in [1.165, 1.54) is 0 Å². The first kappa shape index (κ1) is 11.1. The largest absolute Gasteiger partial charge is 0.395 e. The van der Waals surface area contributed by atoms with Crippen molar-refractivity contribution in [2.45, 2.75) is 13.8 Å². The van der Waals surface area contributed by atoms with Gasteiger partial charge in [0.2, 0.25) is 0 Å². The molecule has 0 atom stereocenters. The zero-order valence-corrected chi connectivity index (χ0v) is 7.36. The van der Waals surface area contributed by atoms with Gasteiger partial charge in [-0.2, -0.15) is 0 Å². The summed E-state index contributed by atoms with van der Waals surface area (Å²) >= 11 is 0. The van der Waals surface area contributed by atoms with Gasteiger partial charge in [0.15, 0.2) is 0 Å². The smallest absolute Gasteiger partial charge is 0.290 e. The normalized spacial score (nSPS) is 9.58. The Morgan fingerprint density at radius 2 is 1.33 bits per heavy atom. The van der Waals surface area contributed by atoms with Gasteiger partial charge in [-0.1, -0.05) is 9.35 Å². The Bertz CT molecular complexity index is 180. The van der Waals surface area contributed by atoms with Gasteiger partial charge >= 0.3 is 20.2 Å². The second-order valence-electron chi connectivity index (χ2n) is 1.57. The molecule has 0 saturated heterocycles. The van der Waals surface area contributed by atoms with E-state index in [0.717, 1.165) is 13.8 Å². The van der Waals surface area contributed by atoms with E-state index in [0.29, 0.717) is 0 Å². The van der Waals surface area contributed by atoms with Crippen molar-refractivity contribution in [1.82, 2.24) is 0 Å². The minimum Gasteiger partial charge on any atom is -0.290 e.